The van der Waals surface area contributed by atoms with Crippen molar-refractivity contribution in [2.45, 2.75) is 13.5 Å². The number of aryl methyl sites for hydroxylation is 1. The van der Waals surface area contributed by atoms with Crippen molar-refractivity contribution < 1.29 is 9.18 Å². The molecule has 1 amide bonds. The van der Waals surface area contributed by atoms with Gasteiger partial charge in [-0.1, -0.05) is 35.9 Å². The number of carbonyl (C=O) groups is 1. The number of halogens is 1. The molecule has 25 heavy (non-hydrogen) atoms. The maximum atomic E-state index is 13.5. The Hall–Kier alpha value is -3.28. The molecule has 0 atom stereocenters. The summed E-state index contributed by atoms with van der Waals surface area (Å²) in [7, 11) is 0. The van der Waals surface area contributed by atoms with E-state index in [1.165, 1.54) is 18.5 Å². The predicted octanol–water partition coefficient (Wildman–Crippen LogP) is 3.60. The summed E-state index contributed by atoms with van der Waals surface area (Å²) in [6.07, 6.45) is 2.86. The lowest BCUT2D eigenvalue weighted by Gasteiger charge is -2.07. The average molecular weight is 336 g/mol. The van der Waals surface area contributed by atoms with Crippen molar-refractivity contribution in [1.82, 2.24) is 15.3 Å². The molecule has 0 unspecified atom stereocenters. The largest absolute Gasteiger partial charge is 0.348 e. The molecule has 0 saturated heterocycles. The molecule has 0 aliphatic heterocycles. The van der Waals surface area contributed by atoms with Crippen molar-refractivity contribution in [2.75, 3.05) is 5.32 Å². The first-order chi connectivity index (χ1) is 12.1. The van der Waals surface area contributed by atoms with E-state index in [2.05, 4.69) is 20.6 Å². The molecule has 0 spiro atoms. The van der Waals surface area contributed by atoms with Gasteiger partial charge in [-0.3, -0.25) is 4.79 Å². The van der Waals surface area contributed by atoms with Gasteiger partial charge in [0.15, 0.2) is 0 Å². The Kier molecular flexibility index (Phi) is 4.99. The van der Waals surface area contributed by atoms with Gasteiger partial charge in [-0.2, -0.15) is 0 Å². The molecule has 2 N–H and O–H groups in total. The monoisotopic (exact) mass is 336 g/mol. The molecule has 0 saturated carbocycles. The third kappa shape index (κ3) is 4.38. The van der Waals surface area contributed by atoms with E-state index in [1.54, 1.807) is 18.2 Å². The van der Waals surface area contributed by atoms with Crippen LogP contribution in [-0.4, -0.2) is 15.9 Å². The fourth-order valence-electron chi connectivity index (χ4n) is 2.20. The molecule has 0 aliphatic carbocycles. The number of hydrogen-bond donors (Lipinski definition) is 2. The maximum absolute atomic E-state index is 13.5. The van der Waals surface area contributed by atoms with Crippen molar-refractivity contribution in [3.8, 4) is 0 Å². The highest BCUT2D eigenvalue weighted by Crippen LogP contribution is 2.13. The van der Waals surface area contributed by atoms with Crippen LogP contribution in [0.25, 0.3) is 0 Å². The highest BCUT2D eigenvalue weighted by Gasteiger charge is 2.08. The van der Waals surface area contributed by atoms with E-state index in [9.17, 15) is 9.18 Å². The standard InChI is InChI=1S/C19H17FN4O/c1-13-6-8-16(9-7-13)24-19-22-11-15(12-23-19)18(25)21-10-14-4-2-3-5-17(14)20/h2-9,11-12H,10H2,1H3,(H,21,25)(H,22,23,24). The molecule has 1 aromatic heterocycles. The number of aromatic nitrogens is 2. The van der Waals surface area contributed by atoms with Gasteiger partial charge in [0, 0.05) is 30.2 Å². The number of rotatable bonds is 5. The lowest BCUT2D eigenvalue weighted by Crippen LogP contribution is -2.23. The Labute approximate surface area is 145 Å². The van der Waals surface area contributed by atoms with Crippen LogP contribution in [0.1, 0.15) is 21.5 Å². The Morgan fingerprint density at radius 2 is 1.72 bits per heavy atom. The van der Waals surface area contributed by atoms with Crippen LogP contribution in [0, 0.1) is 12.7 Å². The van der Waals surface area contributed by atoms with Gasteiger partial charge in [-0.15, -0.1) is 0 Å². The first kappa shape index (κ1) is 16.6. The molecule has 126 valence electrons. The minimum atomic E-state index is -0.356. The van der Waals surface area contributed by atoms with Crippen LogP contribution in [0.15, 0.2) is 60.9 Å². The number of anilines is 2. The van der Waals surface area contributed by atoms with E-state index in [1.807, 2.05) is 31.2 Å². The van der Waals surface area contributed by atoms with E-state index in [0.29, 0.717) is 17.1 Å². The van der Waals surface area contributed by atoms with E-state index >= 15 is 0 Å². The summed E-state index contributed by atoms with van der Waals surface area (Å²) in [5.41, 5.74) is 2.76. The van der Waals surface area contributed by atoms with Gasteiger partial charge < -0.3 is 10.6 Å². The highest BCUT2D eigenvalue weighted by molar-refractivity contribution is 5.93. The van der Waals surface area contributed by atoms with Gasteiger partial charge in [0.05, 0.1) is 5.56 Å². The van der Waals surface area contributed by atoms with Crippen LogP contribution in [-0.2, 0) is 6.54 Å². The summed E-state index contributed by atoms with van der Waals surface area (Å²) in [5, 5.41) is 5.71. The highest BCUT2D eigenvalue weighted by atomic mass is 19.1. The van der Waals surface area contributed by atoms with Crippen molar-refractivity contribution in [1.29, 1.82) is 0 Å². The third-order valence-electron chi connectivity index (χ3n) is 3.62. The van der Waals surface area contributed by atoms with Crippen molar-refractivity contribution in [3.63, 3.8) is 0 Å². The fourth-order valence-corrected chi connectivity index (χ4v) is 2.20. The van der Waals surface area contributed by atoms with Gasteiger partial charge in [0.25, 0.3) is 5.91 Å². The molecule has 0 radical (unpaired) electrons. The molecule has 6 heteroatoms. The predicted molar refractivity (Wildman–Crippen MR) is 94.1 cm³/mol. The SMILES string of the molecule is Cc1ccc(Nc2ncc(C(=O)NCc3ccccc3F)cn2)cc1. The van der Waals surface area contributed by atoms with Gasteiger partial charge >= 0.3 is 0 Å². The van der Waals surface area contributed by atoms with Crippen LogP contribution < -0.4 is 10.6 Å². The Morgan fingerprint density at radius 1 is 1.04 bits per heavy atom. The van der Waals surface area contributed by atoms with Crippen LogP contribution in [0.5, 0.6) is 0 Å². The molecule has 0 bridgehead atoms. The first-order valence-corrected chi connectivity index (χ1v) is 7.79. The van der Waals surface area contributed by atoms with Gasteiger partial charge in [0.2, 0.25) is 5.95 Å². The molecule has 3 rings (SSSR count). The minimum Gasteiger partial charge on any atom is -0.348 e. The van der Waals surface area contributed by atoms with Crippen LogP contribution >= 0.6 is 0 Å². The number of nitrogens with zero attached hydrogens (tertiary/aromatic N) is 2. The topological polar surface area (TPSA) is 66.9 Å². The summed E-state index contributed by atoms with van der Waals surface area (Å²) in [6.45, 7) is 2.11. The molecule has 1 heterocycles. The van der Waals surface area contributed by atoms with Crippen LogP contribution in [0.2, 0.25) is 0 Å². The second-order valence-electron chi connectivity index (χ2n) is 5.56. The van der Waals surface area contributed by atoms with E-state index in [4.69, 9.17) is 0 Å². The number of amides is 1. The Bertz CT molecular complexity index is 863. The van der Waals surface area contributed by atoms with Gasteiger partial charge in [-0.25, -0.2) is 14.4 Å². The summed E-state index contributed by atoms with van der Waals surface area (Å²) in [6, 6.07) is 14.1. The molecular weight excluding hydrogens is 319 g/mol. The van der Waals surface area contributed by atoms with E-state index in [-0.39, 0.29) is 18.3 Å². The van der Waals surface area contributed by atoms with Crippen LogP contribution in [0.4, 0.5) is 16.0 Å². The van der Waals surface area contributed by atoms with Crippen molar-refractivity contribution >= 4 is 17.5 Å². The van der Waals surface area contributed by atoms with Crippen molar-refractivity contribution in [2.24, 2.45) is 0 Å². The van der Waals surface area contributed by atoms with Crippen LogP contribution in [0.3, 0.4) is 0 Å². The number of nitrogens with one attached hydrogen (secondary N) is 2. The van der Waals surface area contributed by atoms with Gasteiger partial charge in [0.1, 0.15) is 5.82 Å². The van der Waals surface area contributed by atoms with Gasteiger partial charge in [-0.05, 0) is 25.1 Å². The third-order valence-corrected chi connectivity index (χ3v) is 3.62. The van der Waals surface area contributed by atoms with Crippen molar-refractivity contribution in [3.05, 3.63) is 83.4 Å². The maximum Gasteiger partial charge on any atom is 0.254 e. The smallest absolute Gasteiger partial charge is 0.254 e. The molecular formula is C19H17FN4O. The first-order valence-electron chi connectivity index (χ1n) is 7.79. The molecule has 2 aromatic carbocycles. The Morgan fingerprint density at radius 3 is 2.40 bits per heavy atom. The summed E-state index contributed by atoms with van der Waals surface area (Å²) in [4.78, 5) is 20.4. The second kappa shape index (κ2) is 7.53. The summed E-state index contributed by atoms with van der Waals surface area (Å²) in [5.74, 6) is -0.309. The van der Waals surface area contributed by atoms with E-state index in [0.717, 1.165) is 11.3 Å². The average Bonchev–Trinajstić information content (AvgIpc) is 2.63. The molecule has 5 nitrogen and oxygen atoms in total. The summed E-state index contributed by atoms with van der Waals surface area (Å²) < 4.78 is 13.5. The second-order valence-corrected chi connectivity index (χ2v) is 5.56. The quantitative estimate of drug-likeness (QED) is 0.747. The number of hydrogen-bond acceptors (Lipinski definition) is 4. The Balaban J connectivity index is 1.60. The zero-order chi connectivity index (χ0) is 17.6. The lowest BCUT2D eigenvalue weighted by atomic mass is 10.2. The number of benzene rings is 2. The molecule has 3 aromatic rings. The zero-order valence-corrected chi connectivity index (χ0v) is 13.7. The normalized spacial score (nSPS) is 10.3. The molecule has 0 fully saturated rings. The lowest BCUT2D eigenvalue weighted by molar-refractivity contribution is 0.0950. The van der Waals surface area contributed by atoms with E-state index < -0.39 is 0 Å². The zero-order valence-electron chi connectivity index (χ0n) is 13.7. The summed E-state index contributed by atoms with van der Waals surface area (Å²) >= 11 is 0. The molecule has 0 aliphatic rings. The number of carbonyl (C=O) groups excluding carboxylic acids is 1. The minimum absolute atomic E-state index is 0.106. The fraction of sp³-hybridized carbons (Fsp3) is 0.105.